The largest absolute Gasteiger partial charge is 0.367 e. The number of nitrogens with one attached hydrogen (secondary N) is 1. The molecule has 1 rings (SSSR count). The van der Waals surface area contributed by atoms with Crippen LogP contribution < -0.4 is 5.32 Å². The highest BCUT2D eigenvalue weighted by atomic mass is 16.3. The second-order valence-electron chi connectivity index (χ2n) is 1.46. The summed E-state index contributed by atoms with van der Waals surface area (Å²) in [7, 11) is 0. The van der Waals surface area contributed by atoms with E-state index in [1.54, 1.807) is 0 Å². The van der Waals surface area contributed by atoms with Crippen molar-refractivity contribution in [2.45, 2.75) is 6.23 Å². The van der Waals surface area contributed by atoms with Crippen LogP contribution in [0.2, 0.25) is 0 Å². The second-order valence-corrected chi connectivity index (χ2v) is 1.46. The molecule has 0 spiro atoms. The van der Waals surface area contributed by atoms with Crippen LogP contribution in [0, 0.1) is 6.42 Å². The second kappa shape index (κ2) is 1.56. The molecule has 4 nitrogen and oxygen atoms in total. The first-order valence-electron chi connectivity index (χ1n) is 2.07. The lowest BCUT2D eigenvalue weighted by atomic mass is 10.3. The maximum absolute atomic E-state index is 10.2. The Kier molecular flexibility index (Phi) is 1.02. The van der Waals surface area contributed by atoms with Crippen molar-refractivity contribution in [3.8, 4) is 0 Å². The van der Waals surface area contributed by atoms with E-state index in [1.807, 2.05) is 5.32 Å². The van der Waals surface area contributed by atoms with Crippen LogP contribution in [0.5, 0.6) is 0 Å². The molecule has 1 amide bonds. The van der Waals surface area contributed by atoms with E-state index < -0.39 is 17.9 Å². The molecular formula is C4H4NO3. The Morgan fingerprint density at radius 3 is 2.38 bits per heavy atom. The quantitative estimate of drug-likeness (QED) is 0.390. The Bertz CT molecular complexity index is 142. The summed E-state index contributed by atoms with van der Waals surface area (Å²) in [6, 6.07) is 0. The fourth-order valence-corrected chi connectivity index (χ4v) is 0.456. The molecule has 0 aliphatic carbocycles. The van der Waals surface area contributed by atoms with Gasteiger partial charge in [-0.3, -0.25) is 9.59 Å². The van der Waals surface area contributed by atoms with Gasteiger partial charge in [0.2, 0.25) is 5.91 Å². The van der Waals surface area contributed by atoms with E-state index in [2.05, 4.69) is 0 Å². The fraction of sp³-hybridized carbons (Fsp3) is 0.250. The molecule has 8 heavy (non-hydrogen) atoms. The predicted octanol–water partition coefficient (Wildman–Crippen LogP) is -1.79. The fourth-order valence-electron chi connectivity index (χ4n) is 0.456. The molecule has 1 heterocycles. The zero-order chi connectivity index (χ0) is 6.15. The van der Waals surface area contributed by atoms with Gasteiger partial charge in [0.05, 0.1) is 0 Å². The van der Waals surface area contributed by atoms with Crippen molar-refractivity contribution in [2.24, 2.45) is 0 Å². The average molecular weight is 114 g/mol. The summed E-state index contributed by atoms with van der Waals surface area (Å²) in [6.45, 7) is 0. The third kappa shape index (κ3) is 0.696. The molecule has 4 heteroatoms. The van der Waals surface area contributed by atoms with Gasteiger partial charge in [0.25, 0.3) is 0 Å². The Hall–Kier alpha value is -0.900. The molecular weight excluding hydrogens is 110 g/mol. The third-order valence-corrected chi connectivity index (χ3v) is 0.822. The summed E-state index contributed by atoms with van der Waals surface area (Å²) in [5.41, 5.74) is 0. The van der Waals surface area contributed by atoms with Crippen LogP contribution in [0.4, 0.5) is 0 Å². The number of hydrogen-bond donors (Lipinski definition) is 2. The Morgan fingerprint density at radius 2 is 2.25 bits per heavy atom. The van der Waals surface area contributed by atoms with Gasteiger partial charge in [0.15, 0.2) is 12.0 Å². The van der Waals surface area contributed by atoms with Crippen LogP contribution in [-0.4, -0.2) is 23.0 Å². The molecule has 1 radical (unpaired) electrons. The number of rotatable bonds is 0. The molecule has 1 aliphatic rings. The Morgan fingerprint density at radius 1 is 1.62 bits per heavy atom. The van der Waals surface area contributed by atoms with Crippen molar-refractivity contribution in [1.82, 2.24) is 5.32 Å². The van der Waals surface area contributed by atoms with Crippen molar-refractivity contribution >= 4 is 11.7 Å². The highest BCUT2D eigenvalue weighted by Gasteiger charge is 2.27. The highest BCUT2D eigenvalue weighted by molar-refractivity contribution is 6.16. The lowest BCUT2D eigenvalue weighted by Crippen LogP contribution is -2.28. The van der Waals surface area contributed by atoms with E-state index in [1.165, 1.54) is 0 Å². The number of ketones is 1. The maximum atomic E-state index is 10.2. The number of Topliss-reactive ketones (excluding diaryl/α,β-unsaturated/α-hetero) is 1. The molecule has 0 saturated carbocycles. The highest BCUT2D eigenvalue weighted by Crippen LogP contribution is 1.95. The summed E-state index contributed by atoms with van der Waals surface area (Å²) >= 11 is 0. The molecule has 0 bridgehead atoms. The molecule has 1 unspecified atom stereocenters. The first-order valence-corrected chi connectivity index (χ1v) is 2.07. The van der Waals surface area contributed by atoms with Crippen molar-refractivity contribution in [2.75, 3.05) is 0 Å². The monoisotopic (exact) mass is 114 g/mol. The van der Waals surface area contributed by atoms with Crippen molar-refractivity contribution in [3.63, 3.8) is 0 Å². The average Bonchev–Trinajstić information content (AvgIpc) is 1.85. The minimum atomic E-state index is -1.30. The molecule has 43 valence electrons. The topological polar surface area (TPSA) is 66.4 Å². The van der Waals surface area contributed by atoms with Gasteiger partial charge in [-0.2, -0.15) is 0 Å². The van der Waals surface area contributed by atoms with Crippen molar-refractivity contribution < 1.29 is 14.7 Å². The van der Waals surface area contributed by atoms with Crippen LogP contribution >= 0.6 is 0 Å². The third-order valence-electron chi connectivity index (χ3n) is 0.822. The minimum Gasteiger partial charge on any atom is -0.367 e. The van der Waals surface area contributed by atoms with Gasteiger partial charge >= 0.3 is 0 Å². The molecule has 1 fully saturated rings. The molecule has 0 aromatic heterocycles. The van der Waals surface area contributed by atoms with Crippen LogP contribution in [0.15, 0.2) is 0 Å². The van der Waals surface area contributed by atoms with Gasteiger partial charge in [-0.1, -0.05) is 0 Å². The SMILES string of the molecule is O=C1[CH]C(=O)C(O)N1. The summed E-state index contributed by atoms with van der Waals surface area (Å²) in [5.74, 6) is -1.10. The number of carbonyl (C=O) groups excluding carboxylic acids is 2. The molecule has 2 N–H and O–H groups in total. The lowest BCUT2D eigenvalue weighted by Gasteiger charge is -1.93. The van der Waals surface area contributed by atoms with Crippen LogP contribution in [-0.2, 0) is 9.59 Å². The van der Waals surface area contributed by atoms with Gasteiger partial charge in [-0.25, -0.2) is 0 Å². The van der Waals surface area contributed by atoms with E-state index in [4.69, 9.17) is 5.11 Å². The van der Waals surface area contributed by atoms with Crippen molar-refractivity contribution in [3.05, 3.63) is 6.42 Å². The molecule has 0 aromatic carbocycles. The van der Waals surface area contributed by atoms with Gasteiger partial charge in [0.1, 0.15) is 6.42 Å². The Labute approximate surface area is 45.5 Å². The van der Waals surface area contributed by atoms with E-state index in [0.29, 0.717) is 0 Å². The summed E-state index contributed by atoms with van der Waals surface area (Å²) < 4.78 is 0. The van der Waals surface area contributed by atoms with Crippen molar-refractivity contribution in [1.29, 1.82) is 0 Å². The minimum absolute atomic E-state index is 0.525. The predicted molar refractivity (Wildman–Crippen MR) is 23.5 cm³/mol. The van der Waals surface area contributed by atoms with Gasteiger partial charge in [-0.15, -0.1) is 0 Å². The number of amides is 1. The number of aliphatic hydroxyl groups is 1. The van der Waals surface area contributed by atoms with E-state index >= 15 is 0 Å². The first kappa shape index (κ1) is 5.24. The first-order chi connectivity index (χ1) is 3.70. The molecule has 1 aliphatic heterocycles. The van der Waals surface area contributed by atoms with Crippen LogP contribution in [0.3, 0.4) is 0 Å². The summed E-state index contributed by atoms with van der Waals surface area (Å²) in [6.07, 6.45) is -0.479. The lowest BCUT2D eigenvalue weighted by molar-refractivity contribution is -0.122. The zero-order valence-electron chi connectivity index (χ0n) is 3.92. The van der Waals surface area contributed by atoms with E-state index in [-0.39, 0.29) is 0 Å². The summed E-state index contributed by atoms with van der Waals surface area (Å²) in [5, 5.41) is 10.4. The number of carbonyl (C=O) groups is 2. The van der Waals surface area contributed by atoms with Crippen LogP contribution in [0.1, 0.15) is 0 Å². The smallest absolute Gasteiger partial charge is 0.234 e. The number of aliphatic hydroxyl groups excluding tert-OH is 1. The molecule has 0 aromatic rings. The maximum Gasteiger partial charge on any atom is 0.234 e. The van der Waals surface area contributed by atoms with Gasteiger partial charge in [-0.05, 0) is 0 Å². The van der Waals surface area contributed by atoms with Gasteiger partial charge in [0, 0.05) is 0 Å². The standard InChI is InChI=1S/C4H4NO3/c6-2-1-3(7)5-4(2)8/h1,4,8H,(H,5,7). The normalized spacial score (nSPS) is 28.4. The zero-order valence-corrected chi connectivity index (χ0v) is 3.92. The Balaban J connectivity index is 2.64. The van der Waals surface area contributed by atoms with Gasteiger partial charge < -0.3 is 10.4 Å². The van der Waals surface area contributed by atoms with Crippen LogP contribution in [0.25, 0.3) is 0 Å². The summed E-state index contributed by atoms with van der Waals surface area (Å²) in [4.78, 5) is 20.3. The molecule has 1 atom stereocenters. The van der Waals surface area contributed by atoms with E-state index in [9.17, 15) is 9.59 Å². The molecule has 1 saturated heterocycles. The number of hydrogen-bond acceptors (Lipinski definition) is 3. The van der Waals surface area contributed by atoms with E-state index in [0.717, 1.165) is 6.42 Å².